The molecule has 0 aliphatic rings. The third-order valence-corrected chi connectivity index (χ3v) is 2.31. The molecule has 2 N–H and O–H groups in total. The fourth-order valence-electron chi connectivity index (χ4n) is 1.42. The second-order valence-electron chi connectivity index (χ2n) is 5.88. The first-order valence-corrected chi connectivity index (χ1v) is 6.28. The molecule has 0 saturated carbocycles. The maximum Gasteiger partial charge on any atom is 0.328 e. The maximum absolute atomic E-state index is 11.7. The molecular formula is C13H26N2O3. The van der Waals surface area contributed by atoms with Gasteiger partial charge in [-0.1, -0.05) is 13.8 Å². The molecule has 1 unspecified atom stereocenters. The van der Waals surface area contributed by atoms with Crippen LogP contribution in [0.2, 0.25) is 0 Å². The summed E-state index contributed by atoms with van der Waals surface area (Å²) in [6, 6.07) is -0.565. The number of rotatable bonds is 6. The van der Waals surface area contributed by atoms with Crippen molar-refractivity contribution in [3.8, 4) is 0 Å². The normalized spacial score (nSPS) is 13.3. The summed E-state index contributed by atoms with van der Waals surface area (Å²) < 4.78 is 4.69. The van der Waals surface area contributed by atoms with Crippen molar-refractivity contribution < 1.29 is 14.3 Å². The molecule has 0 radical (unpaired) electrons. The molecule has 1 amide bonds. The smallest absolute Gasteiger partial charge is 0.328 e. The number of esters is 1. The van der Waals surface area contributed by atoms with Gasteiger partial charge in [0.15, 0.2) is 0 Å². The third kappa shape index (κ3) is 8.06. The highest BCUT2D eigenvalue weighted by Crippen LogP contribution is 2.06. The van der Waals surface area contributed by atoms with Gasteiger partial charge < -0.3 is 15.4 Å². The highest BCUT2D eigenvalue weighted by molar-refractivity contribution is 5.85. The molecule has 0 heterocycles. The number of nitrogens with one attached hydrogen (secondary N) is 2. The predicted octanol–water partition coefficient (Wildman–Crippen LogP) is 1.08. The first-order valence-electron chi connectivity index (χ1n) is 6.28. The number of carbonyl (C=O) groups is 2. The Morgan fingerprint density at radius 2 is 1.78 bits per heavy atom. The Balaban J connectivity index is 4.31. The van der Waals surface area contributed by atoms with Gasteiger partial charge in [0.1, 0.15) is 6.04 Å². The van der Waals surface area contributed by atoms with Crippen molar-refractivity contribution in [1.82, 2.24) is 10.6 Å². The average molecular weight is 258 g/mol. The monoisotopic (exact) mass is 258 g/mol. The van der Waals surface area contributed by atoms with Crippen LogP contribution in [0.5, 0.6) is 0 Å². The van der Waals surface area contributed by atoms with Crippen molar-refractivity contribution in [2.24, 2.45) is 5.92 Å². The van der Waals surface area contributed by atoms with E-state index in [2.05, 4.69) is 15.4 Å². The number of ether oxygens (including phenoxy) is 1. The molecule has 18 heavy (non-hydrogen) atoms. The molecule has 0 fully saturated rings. The SMILES string of the molecule is COC(=O)C(CC(C)C)NC(=O)CNC(C)(C)C. The molecule has 5 nitrogen and oxygen atoms in total. The molecule has 0 aromatic heterocycles. The summed E-state index contributed by atoms with van der Waals surface area (Å²) in [4.78, 5) is 23.2. The number of methoxy groups -OCH3 is 1. The quantitative estimate of drug-likeness (QED) is 0.700. The largest absolute Gasteiger partial charge is 0.467 e. The van der Waals surface area contributed by atoms with Crippen LogP contribution in [0.1, 0.15) is 41.0 Å². The highest BCUT2D eigenvalue weighted by atomic mass is 16.5. The fraction of sp³-hybridized carbons (Fsp3) is 0.846. The highest BCUT2D eigenvalue weighted by Gasteiger charge is 2.22. The van der Waals surface area contributed by atoms with Gasteiger partial charge in [-0.15, -0.1) is 0 Å². The van der Waals surface area contributed by atoms with E-state index in [0.717, 1.165) is 0 Å². The van der Waals surface area contributed by atoms with E-state index in [0.29, 0.717) is 12.3 Å². The lowest BCUT2D eigenvalue weighted by Crippen LogP contribution is -2.48. The van der Waals surface area contributed by atoms with Gasteiger partial charge in [0.25, 0.3) is 0 Å². The van der Waals surface area contributed by atoms with E-state index in [1.54, 1.807) is 0 Å². The van der Waals surface area contributed by atoms with Gasteiger partial charge in [0, 0.05) is 5.54 Å². The van der Waals surface area contributed by atoms with Crippen molar-refractivity contribution in [3.63, 3.8) is 0 Å². The zero-order chi connectivity index (χ0) is 14.3. The Morgan fingerprint density at radius 3 is 2.17 bits per heavy atom. The molecule has 5 heteroatoms. The molecular weight excluding hydrogens is 232 g/mol. The Labute approximate surface area is 110 Å². The molecule has 0 spiro atoms. The maximum atomic E-state index is 11.7. The molecule has 0 aromatic carbocycles. The van der Waals surface area contributed by atoms with E-state index in [1.807, 2.05) is 34.6 Å². The van der Waals surface area contributed by atoms with Gasteiger partial charge in [0.05, 0.1) is 13.7 Å². The molecule has 0 aromatic rings. The minimum Gasteiger partial charge on any atom is -0.467 e. The van der Waals surface area contributed by atoms with Crippen molar-refractivity contribution in [3.05, 3.63) is 0 Å². The summed E-state index contributed by atoms with van der Waals surface area (Å²) >= 11 is 0. The Kier molecular flexibility index (Phi) is 6.91. The van der Waals surface area contributed by atoms with Crippen molar-refractivity contribution in [2.45, 2.75) is 52.6 Å². The zero-order valence-electron chi connectivity index (χ0n) is 12.3. The van der Waals surface area contributed by atoms with Crippen molar-refractivity contribution in [1.29, 1.82) is 0 Å². The summed E-state index contributed by atoms with van der Waals surface area (Å²) in [6.45, 7) is 10.1. The summed E-state index contributed by atoms with van der Waals surface area (Å²) in [5.41, 5.74) is -0.129. The van der Waals surface area contributed by atoms with Gasteiger partial charge in [-0.2, -0.15) is 0 Å². The van der Waals surface area contributed by atoms with Crippen molar-refractivity contribution in [2.75, 3.05) is 13.7 Å². The van der Waals surface area contributed by atoms with Crippen molar-refractivity contribution >= 4 is 11.9 Å². The van der Waals surface area contributed by atoms with Crippen LogP contribution in [0.25, 0.3) is 0 Å². The molecule has 0 bridgehead atoms. The van der Waals surface area contributed by atoms with Gasteiger partial charge in [0.2, 0.25) is 5.91 Å². The zero-order valence-corrected chi connectivity index (χ0v) is 12.3. The second kappa shape index (κ2) is 7.36. The van der Waals surface area contributed by atoms with Crippen LogP contribution in [0, 0.1) is 5.92 Å². The van der Waals surface area contributed by atoms with E-state index in [4.69, 9.17) is 0 Å². The lowest BCUT2D eigenvalue weighted by Gasteiger charge is -2.22. The van der Waals surface area contributed by atoms with Gasteiger partial charge in [-0.25, -0.2) is 4.79 Å². The predicted molar refractivity (Wildman–Crippen MR) is 71.2 cm³/mol. The summed E-state index contributed by atoms with van der Waals surface area (Å²) in [5, 5.41) is 5.77. The number of amides is 1. The molecule has 0 saturated heterocycles. The minimum absolute atomic E-state index is 0.129. The standard InChI is InChI=1S/C13H26N2O3/c1-9(2)7-10(12(17)18-6)15-11(16)8-14-13(3,4)5/h9-10,14H,7-8H2,1-6H3,(H,15,16). The lowest BCUT2D eigenvalue weighted by atomic mass is 10.0. The topological polar surface area (TPSA) is 67.4 Å². The van der Waals surface area contributed by atoms with Crippen LogP contribution in [0.4, 0.5) is 0 Å². The molecule has 0 aliphatic carbocycles. The molecule has 106 valence electrons. The van der Waals surface area contributed by atoms with Gasteiger partial charge in [-0.05, 0) is 33.1 Å². The fourth-order valence-corrected chi connectivity index (χ4v) is 1.42. The summed E-state index contributed by atoms with van der Waals surface area (Å²) in [6.07, 6.45) is 0.577. The first kappa shape index (κ1) is 16.9. The summed E-state index contributed by atoms with van der Waals surface area (Å²) in [5.74, 6) is -0.279. The number of hydrogen-bond donors (Lipinski definition) is 2. The number of hydrogen-bond acceptors (Lipinski definition) is 4. The molecule has 1 atom stereocenters. The Morgan fingerprint density at radius 1 is 1.22 bits per heavy atom. The lowest BCUT2D eigenvalue weighted by molar-refractivity contribution is -0.145. The van der Waals surface area contributed by atoms with Crippen LogP contribution in [0.3, 0.4) is 0 Å². The number of carbonyl (C=O) groups excluding carboxylic acids is 2. The van der Waals surface area contributed by atoms with Crippen LogP contribution in [0.15, 0.2) is 0 Å². The third-order valence-electron chi connectivity index (χ3n) is 2.31. The average Bonchev–Trinajstić information content (AvgIpc) is 2.22. The van der Waals surface area contributed by atoms with Crippen LogP contribution in [-0.4, -0.2) is 37.1 Å². The van der Waals surface area contributed by atoms with E-state index in [1.165, 1.54) is 7.11 Å². The minimum atomic E-state index is -0.565. The van der Waals surface area contributed by atoms with Gasteiger partial charge in [-0.3, -0.25) is 4.79 Å². The van der Waals surface area contributed by atoms with Crippen LogP contribution >= 0.6 is 0 Å². The molecule has 0 aliphatic heterocycles. The first-order chi connectivity index (χ1) is 8.15. The van der Waals surface area contributed by atoms with E-state index >= 15 is 0 Å². The summed E-state index contributed by atoms with van der Waals surface area (Å²) in [7, 11) is 1.33. The Hall–Kier alpha value is -1.10. The van der Waals surface area contributed by atoms with Crippen LogP contribution < -0.4 is 10.6 Å². The van der Waals surface area contributed by atoms with Gasteiger partial charge >= 0.3 is 5.97 Å². The van der Waals surface area contributed by atoms with E-state index in [9.17, 15) is 9.59 Å². The molecule has 0 rings (SSSR count). The van der Waals surface area contributed by atoms with E-state index < -0.39 is 12.0 Å². The Bertz CT molecular complexity index is 282. The van der Waals surface area contributed by atoms with E-state index in [-0.39, 0.29) is 18.0 Å². The second-order valence-corrected chi connectivity index (χ2v) is 5.88. The van der Waals surface area contributed by atoms with Crippen LogP contribution in [-0.2, 0) is 14.3 Å².